The molecule has 21 N–H and O–H groups in total. The fourth-order valence-electron chi connectivity index (χ4n) is 10.8. The van der Waals surface area contributed by atoms with Crippen LogP contribution in [-0.2, 0) is 38.4 Å². The highest BCUT2D eigenvalue weighted by atomic mass is 16.2. The summed E-state index contributed by atoms with van der Waals surface area (Å²) in [5, 5.41) is 20.6. The summed E-state index contributed by atoms with van der Waals surface area (Å²) in [6.07, 6.45) is 37.9. The van der Waals surface area contributed by atoms with Gasteiger partial charge in [0.25, 0.3) is 0 Å². The molecule has 0 aliphatic heterocycles. The number of carbonyl (C=O) groups is 8. The Hall–Kier alpha value is -4.48. The largest absolute Gasteiger partial charge is 0.368 e. The van der Waals surface area contributed by atoms with Gasteiger partial charge in [-0.25, -0.2) is 0 Å². The summed E-state index contributed by atoms with van der Waals surface area (Å²) in [6, 6.07) is -3.59. The minimum atomic E-state index is -0.769. The molecule has 5 atom stereocenters. The van der Waals surface area contributed by atoms with E-state index in [0.29, 0.717) is 136 Å². The molecule has 0 saturated heterocycles. The molecule has 0 rings (SSSR count). The van der Waals surface area contributed by atoms with E-state index in [9.17, 15) is 38.4 Å². The van der Waals surface area contributed by atoms with Crippen LogP contribution >= 0.6 is 0 Å². The molecule has 88 heavy (non-hydrogen) atoms. The molecule has 0 aromatic carbocycles. The minimum absolute atomic E-state index is 0.141. The number of nitrogens with one attached hydrogen (secondary N) is 7. The molecule has 0 bridgehead atoms. The Balaban J connectivity index is 4.72. The second-order valence-electron chi connectivity index (χ2n) is 24.5. The van der Waals surface area contributed by atoms with Crippen LogP contribution in [0.25, 0.3) is 0 Å². The first-order chi connectivity index (χ1) is 42.8. The summed E-state index contributed by atoms with van der Waals surface area (Å²) in [5.41, 5.74) is 39.6. The highest BCUT2D eigenvalue weighted by Gasteiger charge is 2.28. The van der Waals surface area contributed by atoms with Crippen molar-refractivity contribution in [1.29, 1.82) is 0 Å². The van der Waals surface area contributed by atoms with Crippen molar-refractivity contribution in [2.24, 2.45) is 40.1 Å². The molecule has 0 radical (unpaired) electrons. The summed E-state index contributed by atoms with van der Waals surface area (Å²) in [5.74, 6) is -2.14. The van der Waals surface area contributed by atoms with Crippen LogP contribution in [0, 0.1) is 0 Å². The number of rotatable bonds is 65. The van der Waals surface area contributed by atoms with E-state index >= 15 is 0 Å². The van der Waals surface area contributed by atoms with Crippen LogP contribution in [0.2, 0.25) is 0 Å². The number of nitrogens with two attached hydrogens (primary N) is 7. The van der Waals surface area contributed by atoms with Gasteiger partial charge in [-0.05, 0) is 174 Å². The monoisotopic (exact) mass is 1250 g/mol. The summed E-state index contributed by atoms with van der Waals surface area (Å²) >= 11 is 0. The Morgan fingerprint density at radius 3 is 0.693 bits per heavy atom. The van der Waals surface area contributed by atoms with Gasteiger partial charge >= 0.3 is 0 Å². The third kappa shape index (κ3) is 50.3. The Labute approximate surface area is 532 Å². The smallest absolute Gasteiger partial charge is 0.243 e. The molecule has 0 aliphatic rings. The van der Waals surface area contributed by atoms with Gasteiger partial charge in [-0.2, -0.15) is 0 Å². The van der Waals surface area contributed by atoms with Crippen molar-refractivity contribution in [3.05, 3.63) is 0 Å². The first-order valence-corrected chi connectivity index (χ1v) is 35.3. The lowest BCUT2D eigenvalue weighted by molar-refractivity contribution is -0.132. The van der Waals surface area contributed by atoms with E-state index in [0.717, 1.165) is 180 Å². The highest BCUT2D eigenvalue weighted by Crippen LogP contribution is 2.16. The van der Waals surface area contributed by atoms with Gasteiger partial charge in [-0.3, -0.25) is 38.4 Å². The standard InChI is InChI=1S/C66H132N14O8/c67-46-30-19-13-7-1-4-10-17-23-44-60(82)77-57(41-28-34-50-71)65(87)79-55(39-26-32-48-69)64(86)75-53-37-21-15-9-3-6-12-18-24-45-61(83)78-58(42-29-35-51-72)66(88)80-56(40-27-33-49-70)63(85)74-52-36-20-14-8-2-5-11-16-22-43-59(81)76-54(62(73)84)38-25-31-47-68/h54-58H,1-53,67-72H2,(H2,73,84)(H,74,85)(H,75,86)(H,76,81)(H,77,82)(H,78,83)(H,79,87)(H,80,88). The lowest BCUT2D eigenvalue weighted by Gasteiger charge is -2.23. The fourth-order valence-corrected chi connectivity index (χ4v) is 10.8. The van der Waals surface area contributed by atoms with Crippen LogP contribution in [0.1, 0.15) is 289 Å². The minimum Gasteiger partial charge on any atom is -0.368 e. The van der Waals surface area contributed by atoms with Crippen LogP contribution in [0.15, 0.2) is 0 Å². The molecule has 0 spiro atoms. The Morgan fingerprint density at radius 2 is 0.432 bits per heavy atom. The maximum Gasteiger partial charge on any atom is 0.243 e. The van der Waals surface area contributed by atoms with Crippen molar-refractivity contribution in [1.82, 2.24) is 37.2 Å². The van der Waals surface area contributed by atoms with Gasteiger partial charge < -0.3 is 77.4 Å². The number of primary amides is 1. The van der Waals surface area contributed by atoms with E-state index in [2.05, 4.69) is 37.2 Å². The van der Waals surface area contributed by atoms with Gasteiger partial charge in [0, 0.05) is 32.4 Å². The Morgan fingerprint density at radius 1 is 0.227 bits per heavy atom. The highest BCUT2D eigenvalue weighted by molar-refractivity contribution is 5.93. The lowest BCUT2D eigenvalue weighted by Crippen LogP contribution is -2.53. The van der Waals surface area contributed by atoms with Crippen LogP contribution < -0.4 is 77.4 Å². The maximum absolute atomic E-state index is 13.7. The van der Waals surface area contributed by atoms with Crippen LogP contribution in [0.3, 0.4) is 0 Å². The van der Waals surface area contributed by atoms with Crippen molar-refractivity contribution in [3.63, 3.8) is 0 Å². The summed E-state index contributed by atoms with van der Waals surface area (Å²) in [7, 11) is 0. The summed E-state index contributed by atoms with van der Waals surface area (Å²) < 4.78 is 0. The van der Waals surface area contributed by atoms with E-state index in [1.165, 1.54) is 25.7 Å². The van der Waals surface area contributed by atoms with E-state index in [-0.39, 0.29) is 41.4 Å². The van der Waals surface area contributed by atoms with Gasteiger partial charge in [0.05, 0.1) is 0 Å². The number of unbranched alkanes of at least 4 members (excludes halogenated alkanes) is 29. The quantitative estimate of drug-likeness (QED) is 0.0292. The number of hydrogen-bond acceptors (Lipinski definition) is 14. The molecule has 0 aromatic rings. The Kier molecular flexibility index (Phi) is 58.3. The number of hydrogen-bond donors (Lipinski definition) is 14. The molecular weight excluding hydrogens is 1120 g/mol. The normalized spacial score (nSPS) is 13.0. The van der Waals surface area contributed by atoms with Crippen LogP contribution in [-0.4, -0.2) is 130 Å². The van der Waals surface area contributed by atoms with Gasteiger partial charge in [0.1, 0.15) is 30.2 Å². The molecule has 8 amide bonds. The average Bonchev–Trinajstić information content (AvgIpc) is 3.63. The zero-order chi connectivity index (χ0) is 64.9. The zero-order valence-electron chi connectivity index (χ0n) is 55.2. The Bertz CT molecular complexity index is 1770. The molecule has 22 nitrogen and oxygen atoms in total. The topological polar surface area (TPSA) is 403 Å². The lowest BCUT2D eigenvalue weighted by atomic mass is 10.0. The molecule has 5 unspecified atom stereocenters. The second-order valence-corrected chi connectivity index (χ2v) is 24.5. The van der Waals surface area contributed by atoms with Gasteiger partial charge in [-0.15, -0.1) is 0 Å². The molecule has 0 aliphatic carbocycles. The molecule has 22 heteroatoms. The van der Waals surface area contributed by atoms with Crippen LogP contribution in [0.5, 0.6) is 0 Å². The predicted molar refractivity (Wildman–Crippen MR) is 357 cm³/mol. The fraction of sp³-hybridized carbons (Fsp3) is 0.879. The van der Waals surface area contributed by atoms with Crippen molar-refractivity contribution in [3.8, 4) is 0 Å². The number of amides is 8. The SMILES string of the molecule is NCCCCCCCCCCCC(=O)NC(CCCCN)C(=O)NC(CCCCN)C(=O)NCCCCCCCCCCCC(=O)NC(CCCCN)C(=O)NC(CCCCN)C(=O)NCCCCCCCCCCCC(=O)NC(CCCCN)C(N)=O. The molecule has 514 valence electrons. The molecule has 0 saturated carbocycles. The zero-order valence-corrected chi connectivity index (χ0v) is 55.2. The average molecular weight is 1250 g/mol. The summed E-state index contributed by atoms with van der Waals surface area (Å²) in [4.78, 5) is 104. The molecular formula is C66H132N14O8. The van der Waals surface area contributed by atoms with E-state index in [4.69, 9.17) is 40.1 Å². The van der Waals surface area contributed by atoms with Crippen LogP contribution in [0.4, 0.5) is 0 Å². The number of carbonyl (C=O) groups excluding carboxylic acids is 8. The first-order valence-electron chi connectivity index (χ1n) is 35.3. The van der Waals surface area contributed by atoms with E-state index < -0.39 is 36.1 Å². The van der Waals surface area contributed by atoms with Crippen molar-refractivity contribution >= 4 is 47.3 Å². The predicted octanol–water partition coefficient (Wildman–Crippen LogP) is 6.43. The van der Waals surface area contributed by atoms with Crippen molar-refractivity contribution in [2.75, 3.05) is 52.4 Å². The first kappa shape index (κ1) is 83.5. The maximum atomic E-state index is 13.7. The second kappa shape index (κ2) is 61.4. The third-order valence-corrected chi connectivity index (χ3v) is 16.4. The van der Waals surface area contributed by atoms with Gasteiger partial charge in [-0.1, -0.05) is 135 Å². The van der Waals surface area contributed by atoms with Gasteiger partial charge in [0.15, 0.2) is 0 Å². The van der Waals surface area contributed by atoms with E-state index in [1.807, 2.05) is 0 Å². The summed E-state index contributed by atoms with van der Waals surface area (Å²) in [6.45, 7) is 4.26. The van der Waals surface area contributed by atoms with Crippen molar-refractivity contribution < 1.29 is 38.4 Å². The molecule has 0 aromatic heterocycles. The van der Waals surface area contributed by atoms with Crippen molar-refractivity contribution in [2.45, 2.75) is 319 Å². The van der Waals surface area contributed by atoms with Gasteiger partial charge in [0.2, 0.25) is 47.3 Å². The molecule has 0 fully saturated rings. The molecule has 0 heterocycles. The third-order valence-electron chi connectivity index (χ3n) is 16.4. The van der Waals surface area contributed by atoms with E-state index in [1.54, 1.807) is 0 Å².